The van der Waals surface area contributed by atoms with Crippen LogP contribution in [0.4, 0.5) is 0 Å². The summed E-state index contributed by atoms with van der Waals surface area (Å²) >= 11 is 0. The van der Waals surface area contributed by atoms with Gasteiger partial charge in [-0.2, -0.15) is 0 Å². The van der Waals surface area contributed by atoms with Crippen LogP contribution in [0.15, 0.2) is 30.3 Å². The molecule has 0 unspecified atom stereocenters. The fourth-order valence-electron chi connectivity index (χ4n) is 5.01. The van der Waals surface area contributed by atoms with Gasteiger partial charge in [-0.05, 0) is 18.4 Å². The summed E-state index contributed by atoms with van der Waals surface area (Å²) in [6.07, 6.45) is 1.96. The van der Waals surface area contributed by atoms with Crippen LogP contribution in [-0.2, 0) is 20.9 Å². The highest BCUT2D eigenvalue weighted by molar-refractivity contribution is 5.79. The van der Waals surface area contributed by atoms with E-state index in [-0.39, 0.29) is 18.4 Å². The first-order valence-electron chi connectivity index (χ1n) is 10.1. The number of aliphatic carboxylic acids is 1. The highest BCUT2D eigenvalue weighted by Gasteiger charge is 2.58. The molecule has 0 aromatic heterocycles. The van der Waals surface area contributed by atoms with Crippen molar-refractivity contribution in [1.29, 1.82) is 0 Å². The first-order valence-corrected chi connectivity index (χ1v) is 10.1. The van der Waals surface area contributed by atoms with Crippen molar-refractivity contribution < 1.29 is 19.4 Å². The van der Waals surface area contributed by atoms with E-state index in [2.05, 4.69) is 10.2 Å². The first kappa shape index (κ1) is 19.4. The monoisotopic (exact) mass is 387 g/mol. The Balaban J connectivity index is 1.33. The van der Waals surface area contributed by atoms with E-state index in [4.69, 9.17) is 4.74 Å². The summed E-state index contributed by atoms with van der Waals surface area (Å²) in [5, 5.41) is 13.0. The lowest BCUT2D eigenvalue weighted by molar-refractivity contribution is -0.149. The lowest BCUT2D eigenvalue weighted by atomic mass is 9.81. The second-order valence-electron chi connectivity index (χ2n) is 8.36. The number of carbonyl (C=O) groups is 2. The van der Waals surface area contributed by atoms with E-state index in [9.17, 15) is 14.7 Å². The molecule has 0 saturated carbocycles. The Hall–Kier alpha value is -1.96. The highest BCUT2D eigenvalue weighted by Crippen LogP contribution is 2.44. The minimum Gasteiger partial charge on any atom is -0.481 e. The second kappa shape index (κ2) is 8.19. The van der Waals surface area contributed by atoms with Crippen molar-refractivity contribution in [3.8, 4) is 0 Å². The largest absolute Gasteiger partial charge is 0.481 e. The molecule has 28 heavy (non-hydrogen) atoms. The molecule has 7 nitrogen and oxygen atoms in total. The molecular weight excluding hydrogens is 358 g/mol. The molecule has 1 aromatic carbocycles. The van der Waals surface area contributed by atoms with Crippen LogP contribution in [0.3, 0.4) is 0 Å². The summed E-state index contributed by atoms with van der Waals surface area (Å²) in [6, 6.07) is 10.2. The van der Waals surface area contributed by atoms with E-state index in [1.54, 1.807) is 0 Å². The number of amides is 1. The molecule has 0 aliphatic carbocycles. The molecule has 4 rings (SSSR count). The third kappa shape index (κ3) is 3.92. The maximum atomic E-state index is 12.4. The Morgan fingerprint density at radius 1 is 1.14 bits per heavy atom. The molecule has 2 N–H and O–H groups in total. The average Bonchev–Trinajstić information content (AvgIpc) is 3.23. The lowest BCUT2D eigenvalue weighted by Gasteiger charge is -2.33. The van der Waals surface area contributed by atoms with E-state index in [0.717, 1.165) is 38.2 Å². The number of carboxylic acids is 1. The maximum Gasteiger partial charge on any atom is 0.312 e. The SMILES string of the molecule is O=C(CN1C[C@H]2CN(C3CCOCC3)C[C@@]2(C(=O)O)C1)NCc1ccccc1. The summed E-state index contributed by atoms with van der Waals surface area (Å²) in [5.41, 5.74) is 0.307. The van der Waals surface area contributed by atoms with Gasteiger partial charge in [-0.25, -0.2) is 0 Å². The number of likely N-dealkylation sites (tertiary alicyclic amines) is 2. The maximum absolute atomic E-state index is 12.4. The number of hydrogen-bond acceptors (Lipinski definition) is 5. The first-order chi connectivity index (χ1) is 13.6. The molecule has 3 heterocycles. The predicted molar refractivity (Wildman–Crippen MR) is 104 cm³/mol. The quantitative estimate of drug-likeness (QED) is 0.752. The fourth-order valence-corrected chi connectivity index (χ4v) is 5.01. The molecule has 0 bridgehead atoms. The lowest BCUT2D eigenvalue weighted by Crippen LogP contribution is -2.45. The van der Waals surface area contributed by atoms with Gasteiger partial charge in [0.15, 0.2) is 0 Å². The van der Waals surface area contributed by atoms with Crippen LogP contribution in [0.5, 0.6) is 0 Å². The molecule has 3 aliphatic heterocycles. The smallest absolute Gasteiger partial charge is 0.312 e. The molecule has 1 aromatic rings. The third-order valence-electron chi connectivity index (χ3n) is 6.54. The van der Waals surface area contributed by atoms with Crippen molar-refractivity contribution in [1.82, 2.24) is 15.1 Å². The van der Waals surface area contributed by atoms with Crippen molar-refractivity contribution in [2.24, 2.45) is 11.3 Å². The minimum atomic E-state index is -0.752. The van der Waals surface area contributed by atoms with Crippen LogP contribution in [0.25, 0.3) is 0 Å². The molecule has 7 heteroatoms. The fraction of sp³-hybridized carbons (Fsp3) is 0.619. The number of ether oxygens (including phenoxy) is 1. The zero-order valence-corrected chi connectivity index (χ0v) is 16.2. The molecule has 0 spiro atoms. The highest BCUT2D eigenvalue weighted by atomic mass is 16.5. The summed E-state index contributed by atoms with van der Waals surface area (Å²) in [6.45, 7) is 4.79. The minimum absolute atomic E-state index is 0.0503. The van der Waals surface area contributed by atoms with Crippen LogP contribution >= 0.6 is 0 Å². The van der Waals surface area contributed by atoms with Crippen LogP contribution < -0.4 is 5.32 Å². The number of fused-ring (bicyclic) bond motifs is 1. The average molecular weight is 387 g/mol. The molecule has 3 aliphatic rings. The van der Waals surface area contributed by atoms with E-state index in [1.165, 1.54) is 0 Å². The van der Waals surface area contributed by atoms with Gasteiger partial charge in [-0.1, -0.05) is 30.3 Å². The van der Waals surface area contributed by atoms with Gasteiger partial charge in [0.05, 0.1) is 12.0 Å². The van der Waals surface area contributed by atoms with Gasteiger partial charge in [0.25, 0.3) is 0 Å². The Labute approximate surface area is 165 Å². The van der Waals surface area contributed by atoms with Crippen molar-refractivity contribution >= 4 is 11.9 Å². The molecule has 3 fully saturated rings. The number of carboxylic acid groups (broad SMARTS) is 1. The molecule has 2 atom stereocenters. The third-order valence-corrected chi connectivity index (χ3v) is 6.54. The summed E-state index contributed by atoms with van der Waals surface area (Å²) in [4.78, 5) is 28.9. The van der Waals surface area contributed by atoms with Crippen LogP contribution in [0, 0.1) is 11.3 Å². The Morgan fingerprint density at radius 2 is 1.89 bits per heavy atom. The van der Waals surface area contributed by atoms with Crippen molar-refractivity contribution in [3.05, 3.63) is 35.9 Å². The predicted octanol–water partition coefficient (Wildman–Crippen LogP) is 0.800. The van der Waals surface area contributed by atoms with Gasteiger partial charge < -0.3 is 15.2 Å². The number of nitrogens with zero attached hydrogens (tertiary/aromatic N) is 2. The summed E-state index contributed by atoms with van der Waals surface area (Å²) in [7, 11) is 0. The van der Waals surface area contributed by atoms with Crippen LogP contribution in [-0.4, -0.2) is 78.8 Å². The second-order valence-corrected chi connectivity index (χ2v) is 8.36. The van der Waals surface area contributed by atoms with E-state index in [1.807, 2.05) is 35.2 Å². The normalized spacial score (nSPS) is 28.9. The number of hydrogen-bond donors (Lipinski definition) is 2. The van der Waals surface area contributed by atoms with Crippen molar-refractivity contribution in [3.63, 3.8) is 0 Å². The summed E-state index contributed by atoms with van der Waals surface area (Å²) in [5.74, 6) is -0.695. The molecule has 1 amide bonds. The number of rotatable bonds is 6. The topological polar surface area (TPSA) is 82.1 Å². The zero-order valence-electron chi connectivity index (χ0n) is 16.2. The Morgan fingerprint density at radius 3 is 2.57 bits per heavy atom. The van der Waals surface area contributed by atoms with Crippen molar-refractivity contribution in [2.75, 3.05) is 45.9 Å². The van der Waals surface area contributed by atoms with E-state index >= 15 is 0 Å². The van der Waals surface area contributed by atoms with Gasteiger partial charge >= 0.3 is 5.97 Å². The number of nitrogens with one attached hydrogen (secondary N) is 1. The summed E-state index contributed by atoms with van der Waals surface area (Å²) < 4.78 is 5.45. The molecule has 152 valence electrons. The van der Waals surface area contributed by atoms with Crippen LogP contribution in [0.1, 0.15) is 18.4 Å². The zero-order chi connectivity index (χ0) is 19.6. The molecule has 0 radical (unpaired) electrons. The Bertz CT molecular complexity index is 707. The van der Waals surface area contributed by atoms with Crippen LogP contribution in [0.2, 0.25) is 0 Å². The number of benzene rings is 1. The van der Waals surface area contributed by atoms with Gasteiger partial charge in [-0.3, -0.25) is 19.4 Å². The number of carbonyl (C=O) groups excluding carboxylic acids is 1. The molecule has 3 saturated heterocycles. The standard InChI is InChI=1S/C21H29N3O4/c25-19(22-10-16-4-2-1-3-5-16)13-23-11-17-12-24(18-6-8-28-9-7-18)15-21(17,14-23)20(26)27/h1-5,17-18H,6-15H2,(H,22,25)(H,26,27)/t17-,21-/m0/s1. The van der Waals surface area contributed by atoms with E-state index < -0.39 is 11.4 Å². The van der Waals surface area contributed by atoms with E-state index in [0.29, 0.717) is 32.2 Å². The molecular formula is C21H29N3O4. The van der Waals surface area contributed by atoms with Crippen molar-refractivity contribution in [2.45, 2.75) is 25.4 Å². The van der Waals surface area contributed by atoms with Gasteiger partial charge in [-0.15, -0.1) is 0 Å². The Kier molecular flexibility index (Phi) is 5.66. The van der Waals surface area contributed by atoms with Gasteiger partial charge in [0, 0.05) is 57.9 Å². The van der Waals surface area contributed by atoms with Gasteiger partial charge in [0.1, 0.15) is 0 Å². The van der Waals surface area contributed by atoms with Gasteiger partial charge in [0.2, 0.25) is 5.91 Å².